The summed E-state index contributed by atoms with van der Waals surface area (Å²) in [7, 11) is 3.76. The Balaban J connectivity index is 1.89. The predicted octanol–water partition coefficient (Wildman–Crippen LogP) is 3.33. The molecule has 0 aliphatic rings. The normalized spacial score (nSPS) is 10.9. The van der Waals surface area contributed by atoms with Crippen LogP contribution in [-0.4, -0.2) is 28.8 Å². The summed E-state index contributed by atoms with van der Waals surface area (Å²) in [4.78, 5) is 6.85. The Labute approximate surface area is 136 Å². The standard InChI is InChI=1S/C18H22N4O/c1-4-5-15-12-18(22-17(20-15)10-11-19-22)21(2)13-14-6-8-16(23-3)9-7-14/h6-12H,4-5,13H2,1-3H3. The molecule has 1 aromatic carbocycles. The lowest BCUT2D eigenvalue weighted by molar-refractivity contribution is 0.414. The van der Waals surface area contributed by atoms with Gasteiger partial charge in [-0.3, -0.25) is 0 Å². The molecule has 0 saturated carbocycles. The molecule has 2 heterocycles. The van der Waals surface area contributed by atoms with E-state index in [0.29, 0.717) is 0 Å². The third kappa shape index (κ3) is 3.28. The lowest BCUT2D eigenvalue weighted by atomic mass is 10.2. The molecule has 0 saturated heterocycles. The van der Waals surface area contributed by atoms with Crippen LogP contribution in [0.25, 0.3) is 5.65 Å². The number of rotatable bonds is 6. The van der Waals surface area contributed by atoms with Crippen molar-refractivity contribution >= 4 is 11.5 Å². The maximum absolute atomic E-state index is 5.21. The number of nitrogens with zero attached hydrogens (tertiary/aromatic N) is 4. The molecule has 0 amide bonds. The van der Waals surface area contributed by atoms with Crippen molar-refractivity contribution in [1.29, 1.82) is 0 Å². The largest absolute Gasteiger partial charge is 0.497 e. The first-order valence-electron chi connectivity index (χ1n) is 7.89. The van der Waals surface area contributed by atoms with E-state index in [-0.39, 0.29) is 0 Å². The van der Waals surface area contributed by atoms with Crippen molar-refractivity contribution in [3.8, 4) is 5.75 Å². The summed E-state index contributed by atoms with van der Waals surface area (Å²) in [6.45, 7) is 2.97. The Bertz CT molecular complexity index is 779. The number of hydrogen-bond donors (Lipinski definition) is 0. The minimum atomic E-state index is 0.800. The summed E-state index contributed by atoms with van der Waals surface area (Å²) in [6.07, 6.45) is 3.85. The van der Waals surface area contributed by atoms with Crippen LogP contribution in [0, 0.1) is 0 Å². The van der Waals surface area contributed by atoms with Gasteiger partial charge in [0.25, 0.3) is 0 Å². The van der Waals surface area contributed by atoms with Gasteiger partial charge in [-0.25, -0.2) is 4.98 Å². The lowest BCUT2D eigenvalue weighted by Gasteiger charge is -2.21. The number of ether oxygens (including phenoxy) is 1. The van der Waals surface area contributed by atoms with Gasteiger partial charge in [-0.2, -0.15) is 9.61 Å². The van der Waals surface area contributed by atoms with Gasteiger partial charge in [0.1, 0.15) is 11.6 Å². The molecule has 0 atom stereocenters. The fourth-order valence-corrected chi connectivity index (χ4v) is 2.69. The number of aryl methyl sites for hydroxylation is 1. The molecular weight excluding hydrogens is 288 g/mol. The van der Waals surface area contributed by atoms with E-state index in [4.69, 9.17) is 4.74 Å². The molecule has 0 spiro atoms. The second kappa shape index (κ2) is 6.69. The van der Waals surface area contributed by atoms with E-state index < -0.39 is 0 Å². The van der Waals surface area contributed by atoms with E-state index >= 15 is 0 Å². The molecular formula is C18H22N4O. The molecule has 2 aromatic heterocycles. The zero-order valence-electron chi connectivity index (χ0n) is 13.9. The minimum absolute atomic E-state index is 0.800. The molecule has 0 radical (unpaired) electrons. The van der Waals surface area contributed by atoms with Gasteiger partial charge >= 0.3 is 0 Å². The smallest absolute Gasteiger partial charge is 0.157 e. The summed E-state index contributed by atoms with van der Waals surface area (Å²) in [5, 5.41) is 4.40. The number of fused-ring (bicyclic) bond motifs is 1. The Hall–Kier alpha value is -2.56. The van der Waals surface area contributed by atoms with Crippen LogP contribution in [0.15, 0.2) is 42.6 Å². The van der Waals surface area contributed by atoms with Gasteiger partial charge in [0.15, 0.2) is 5.65 Å². The summed E-state index contributed by atoms with van der Waals surface area (Å²) >= 11 is 0. The Kier molecular flexibility index (Phi) is 4.46. The first-order valence-corrected chi connectivity index (χ1v) is 7.89. The molecule has 0 aliphatic heterocycles. The lowest BCUT2D eigenvalue weighted by Crippen LogP contribution is -2.20. The molecule has 0 aliphatic carbocycles. The van der Waals surface area contributed by atoms with E-state index in [1.54, 1.807) is 13.3 Å². The SMILES string of the molecule is CCCc1cc(N(C)Cc2ccc(OC)cc2)n2nccc2n1. The average Bonchev–Trinajstić information content (AvgIpc) is 3.03. The highest BCUT2D eigenvalue weighted by atomic mass is 16.5. The third-order valence-corrected chi connectivity index (χ3v) is 3.87. The molecule has 3 rings (SSSR count). The van der Waals surface area contributed by atoms with Crippen LogP contribution < -0.4 is 9.64 Å². The van der Waals surface area contributed by atoms with Crippen LogP contribution in [0.1, 0.15) is 24.6 Å². The van der Waals surface area contributed by atoms with Gasteiger partial charge in [0, 0.05) is 31.4 Å². The highest BCUT2D eigenvalue weighted by Gasteiger charge is 2.11. The predicted molar refractivity (Wildman–Crippen MR) is 92.1 cm³/mol. The van der Waals surface area contributed by atoms with E-state index in [1.165, 1.54) is 5.56 Å². The van der Waals surface area contributed by atoms with Crippen LogP contribution in [0.3, 0.4) is 0 Å². The highest BCUT2D eigenvalue weighted by Crippen LogP contribution is 2.20. The van der Waals surface area contributed by atoms with Gasteiger partial charge in [-0.05, 0) is 24.1 Å². The van der Waals surface area contributed by atoms with Crippen LogP contribution in [-0.2, 0) is 13.0 Å². The maximum atomic E-state index is 5.21. The van der Waals surface area contributed by atoms with Crippen molar-refractivity contribution in [2.45, 2.75) is 26.3 Å². The van der Waals surface area contributed by atoms with Crippen molar-refractivity contribution in [2.75, 3.05) is 19.1 Å². The van der Waals surface area contributed by atoms with E-state index in [9.17, 15) is 0 Å². The van der Waals surface area contributed by atoms with Crippen molar-refractivity contribution < 1.29 is 4.74 Å². The molecule has 5 heteroatoms. The molecule has 120 valence electrons. The highest BCUT2D eigenvalue weighted by molar-refractivity contribution is 5.51. The third-order valence-electron chi connectivity index (χ3n) is 3.87. The molecule has 0 N–H and O–H groups in total. The first kappa shape index (κ1) is 15.3. The van der Waals surface area contributed by atoms with Gasteiger partial charge < -0.3 is 9.64 Å². The van der Waals surface area contributed by atoms with Crippen LogP contribution in [0.5, 0.6) is 5.75 Å². The minimum Gasteiger partial charge on any atom is -0.497 e. The number of benzene rings is 1. The van der Waals surface area contributed by atoms with Crippen LogP contribution >= 0.6 is 0 Å². The first-order chi connectivity index (χ1) is 11.2. The van der Waals surface area contributed by atoms with Crippen LogP contribution in [0.2, 0.25) is 0 Å². The summed E-state index contributed by atoms with van der Waals surface area (Å²) in [6, 6.07) is 12.2. The van der Waals surface area contributed by atoms with E-state index in [1.807, 2.05) is 22.7 Å². The van der Waals surface area contributed by atoms with Crippen molar-refractivity contribution in [3.63, 3.8) is 0 Å². The molecule has 0 fully saturated rings. The van der Waals surface area contributed by atoms with Crippen molar-refractivity contribution in [2.24, 2.45) is 0 Å². The monoisotopic (exact) mass is 310 g/mol. The maximum Gasteiger partial charge on any atom is 0.157 e. The molecule has 0 unspecified atom stereocenters. The fourth-order valence-electron chi connectivity index (χ4n) is 2.69. The Morgan fingerprint density at radius 1 is 1.17 bits per heavy atom. The summed E-state index contributed by atoms with van der Waals surface area (Å²) in [5.41, 5.74) is 3.23. The summed E-state index contributed by atoms with van der Waals surface area (Å²) in [5.74, 6) is 1.93. The molecule has 5 nitrogen and oxygen atoms in total. The van der Waals surface area contributed by atoms with Gasteiger partial charge in [-0.1, -0.05) is 25.5 Å². The Morgan fingerprint density at radius 2 is 1.96 bits per heavy atom. The second-order valence-electron chi connectivity index (χ2n) is 5.66. The zero-order valence-corrected chi connectivity index (χ0v) is 13.9. The summed E-state index contributed by atoms with van der Waals surface area (Å²) < 4.78 is 7.10. The van der Waals surface area contributed by atoms with E-state index in [2.05, 4.69) is 47.2 Å². The van der Waals surface area contributed by atoms with E-state index in [0.717, 1.165) is 42.3 Å². The quantitative estimate of drug-likeness (QED) is 0.700. The number of hydrogen-bond acceptors (Lipinski definition) is 4. The van der Waals surface area contributed by atoms with Gasteiger partial charge in [0.2, 0.25) is 0 Å². The fraction of sp³-hybridized carbons (Fsp3) is 0.333. The number of methoxy groups -OCH3 is 1. The zero-order chi connectivity index (χ0) is 16.2. The molecule has 0 bridgehead atoms. The van der Waals surface area contributed by atoms with Crippen molar-refractivity contribution in [1.82, 2.24) is 14.6 Å². The number of anilines is 1. The molecule has 23 heavy (non-hydrogen) atoms. The topological polar surface area (TPSA) is 42.7 Å². The average molecular weight is 310 g/mol. The van der Waals surface area contributed by atoms with Crippen molar-refractivity contribution in [3.05, 3.63) is 53.9 Å². The number of aromatic nitrogens is 3. The van der Waals surface area contributed by atoms with Gasteiger partial charge in [0.05, 0.1) is 13.3 Å². The van der Waals surface area contributed by atoms with Gasteiger partial charge in [-0.15, -0.1) is 0 Å². The van der Waals surface area contributed by atoms with Crippen LogP contribution in [0.4, 0.5) is 5.82 Å². The molecule has 3 aromatic rings. The Morgan fingerprint density at radius 3 is 2.65 bits per heavy atom. The second-order valence-corrected chi connectivity index (χ2v) is 5.66.